The Morgan fingerprint density at radius 3 is 2.50 bits per heavy atom. The number of amides is 1. The van der Waals surface area contributed by atoms with Crippen molar-refractivity contribution in [1.29, 1.82) is 0 Å². The van der Waals surface area contributed by atoms with Gasteiger partial charge in [0.25, 0.3) is 5.91 Å². The van der Waals surface area contributed by atoms with Gasteiger partial charge in [-0.05, 0) is 18.8 Å². The van der Waals surface area contributed by atoms with Crippen molar-refractivity contribution < 1.29 is 9.59 Å². The summed E-state index contributed by atoms with van der Waals surface area (Å²) in [5.74, 6) is -0.0245. The summed E-state index contributed by atoms with van der Waals surface area (Å²) in [4.78, 5) is 23.7. The summed E-state index contributed by atoms with van der Waals surface area (Å²) in [5, 5.41) is 3.78. The summed E-state index contributed by atoms with van der Waals surface area (Å²) in [6.45, 7) is 6.82. The van der Waals surface area contributed by atoms with Crippen LogP contribution in [0.4, 0.5) is 10.7 Å². The molecule has 0 unspecified atom stereocenters. The molecule has 0 spiro atoms. The lowest BCUT2D eigenvalue weighted by atomic mass is 10.1. The van der Waals surface area contributed by atoms with Gasteiger partial charge in [0.15, 0.2) is 5.78 Å². The Hall–Kier alpha value is -1.56. The average Bonchev–Trinajstić information content (AvgIpc) is 2.70. The van der Waals surface area contributed by atoms with Crippen molar-refractivity contribution in [2.24, 2.45) is 11.7 Å². The van der Waals surface area contributed by atoms with Gasteiger partial charge < -0.3 is 16.8 Å². The molecule has 0 saturated heterocycles. The van der Waals surface area contributed by atoms with E-state index in [1.807, 2.05) is 0 Å². The highest BCUT2D eigenvalue weighted by molar-refractivity contribution is 7.19. The predicted molar refractivity (Wildman–Crippen MR) is 84.4 cm³/mol. The molecule has 20 heavy (non-hydrogen) atoms. The van der Waals surface area contributed by atoms with Gasteiger partial charge >= 0.3 is 0 Å². The second kappa shape index (κ2) is 7.28. The van der Waals surface area contributed by atoms with E-state index in [0.29, 0.717) is 22.2 Å². The lowest BCUT2D eigenvalue weighted by Gasteiger charge is -2.07. The van der Waals surface area contributed by atoms with E-state index in [0.717, 1.165) is 19.4 Å². The third-order valence-electron chi connectivity index (χ3n) is 3.01. The molecule has 1 heterocycles. The topological polar surface area (TPSA) is 98.2 Å². The van der Waals surface area contributed by atoms with Gasteiger partial charge in [-0.15, -0.1) is 11.3 Å². The van der Waals surface area contributed by atoms with Crippen molar-refractivity contribution in [3.63, 3.8) is 0 Å². The van der Waals surface area contributed by atoms with Gasteiger partial charge in [-0.2, -0.15) is 0 Å². The van der Waals surface area contributed by atoms with E-state index < -0.39 is 5.91 Å². The van der Waals surface area contributed by atoms with Crippen LogP contribution in [0.3, 0.4) is 0 Å². The molecular formula is C14H23N3O2S. The van der Waals surface area contributed by atoms with Crippen LogP contribution in [-0.2, 0) is 0 Å². The second-order valence-corrected chi connectivity index (χ2v) is 6.17. The number of primary amides is 1. The van der Waals surface area contributed by atoms with Crippen LogP contribution in [0.1, 0.15) is 60.1 Å². The molecule has 0 aromatic carbocycles. The van der Waals surface area contributed by atoms with Crippen LogP contribution in [0.25, 0.3) is 0 Å². The molecule has 1 aromatic rings. The van der Waals surface area contributed by atoms with Gasteiger partial charge in [-0.3, -0.25) is 9.59 Å². The fraction of sp³-hybridized carbons (Fsp3) is 0.571. The number of carbonyl (C=O) groups is 2. The highest BCUT2D eigenvalue weighted by atomic mass is 32.1. The second-order valence-electron chi connectivity index (χ2n) is 5.15. The maximum Gasteiger partial charge on any atom is 0.253 e. The fourth-order valence-corrected chi connectivity index (χ4v) is 3.05. The summed E-state index contributed by atoms with van der Waals surface area (Å²) < 4.78 is 0. The first kappa shape index (κ1) is 16.5. The van der Waals surface area contributed by atoms with Gasteiger partial charge in [0.2, 0.25) is 0 Å². The minimum Gasteiger partial charge on any atom is -0.397 e. The Kier molecular flexibility index (Phi) is 6.01. The smallest absolute Gasteiger partial charge is 0.253 e. The first-order valence-electron chi connectivity index (χ1n) is 6.87. The molecule has 0 bridgehead atoms. The lowest BCUT2D eigenvalue weighted by molar-refractivity contribution is 0.0991. The highest BCUT2D eigenvalue weighted by Gasteiger charge is 2.23. The van der Waals surface area contributed by atoms with Crippen LogP contribution < -0.4 is 16.8 Å². The zero-order valence-corrected chi connectivity index (χ0v) is 13.1. The molecule has 5 nitrogen and oxygen atoms in total. The molecule has 1 aromatic heterocycles. The number of nitrogens with one attached hydrogen (secondary N) is 1. The minimum absolute atomic E-state index is 0.0646. The summed E-state index contributed by atoms with van der Waals surface area (Å²) >= 11 is 1.22. The first-order chi connectivity index (χ1) is 9.38. The van der Waals surface area contributed by atoms with Crippen LogP contribution in [0, 0.1) is 5.92 Å². The molecule has 5 N–H and O–H groups in total. The van der Waals surface area contributed by atoms with Crippen LogP contribution in [0.5, 0.6) is 0 Å². The molecule has 1 rings (SSSR count). The minimum atomic E-state index is -0.597. The van der Waals surface area contributed by atoms with Crippen LogP contribution in [0.2, 0.25) is 0 Å². The fourth-order valence-electron chi connectivity index (χ4n) is 1.89. The summed E-state index contributed by atoms with van der Waals surface area (Å²) in [7, 11) is 0. The highest BCUT2D eigenvalue weighted by Crippen LogP contribution is 2.36. The molecule has 0 aliphatic rings. The van der Waals surface area contributed by atoms with Crippen LogP contribution >= 0.6 is 11.3 Å². The van der Waals surface area contributed by atoms with E-state index >= 15 is 0 Å². The standard InChI is InChI=1S/C14H23N3O2S/c1-4-9(18)12-11(15)10(13(16)19)14(20-12)17-7-5-6-8(2)3/h8,17H,4-7,15H2,1-3H3,(H2,16,19). The number of hydrogen-bond donors (Lipinski definition) is 3. The van der Waals surface area contributed by atoms with Crippen molar-refractivity contribution in [3.05, 3.63) is 10.4 Å². The van der Waals surface area contributed by atoms with E-state index in [9.17, 15) is 9.59 Å². The molecule has 0 atom stereocenters. The SMILES string of the molecule is CCC(=O)c1sc(NCCCC(C)C)c(C(N)=O)c1N. The van der Waals surface area contributed by atoms with Gasteiger partial charge in [0, 0.05) is 13.0 Å². The molecule has 0 fully saturated rings. The van der Waals surface area contributed by atoms with Crippen molar-refractivity contribution in [2.75, 3.05) is 17.6 Å². The number of ketones is 1. The Morgan fingerprint density at radius 1 is 1.35 bits per heavy atom. The molecule has 0 aliphatic carbocycles. The van der Waals surface area contributed by atoms with Gasteiger partial charge in [0.1, 0.15) is 5.00 Å². The van der Waals surface area contributed by atoms with E-state index in [4.69, 9.17) is 11.5 Å². The monoisotopic (exact) mass is 297 g/mol. The summed E-state index contributed by atoms with van der Waals surface area (Å²) in [5.41, 5.74) is 11.7. The first-order valence-corrected chi connectivity index (χ1v) is 7.69. The number of hydrogen-bond acceptors (Lipinski definition) is 5. The van der Waals surface area contributed by atoms with Crippen molar-refractivity contribution in [1.82, 2.24) is 0 Å². The van der Waals surface area contributed by atoms with Crippen LogP contribution in [0.15, 0.2) is 0 Å². The maximum absolute atomic E-state index is 11.8. The van der Waals surface area contributed by atoms with Gasteiger partial charge in [-0.1, -0.05) is 20.8 Å². The molecule has 6 heteroatoms. The third kappa shape index (κ3) is 3.96. The number of rotatable bonds is 8. The van der Waals surface area contributed by atoms with Crippen molar-refractivity contribution in [3.8, 4) is 0 Å². The Labute approximate surface area is 123 Å². The number of thiophene rings is 1. The van der Waals surface area contributed by atoms with Crippen molar-refractivity contribution in [2.45, 2.75) is 40.0 Å². The van der Waals surface area contributed by atoms with E-state index in [2.05, 4.69) is 19.2 Å². The number of anilines is 2. The average molecular weight is 297 g/mol. The Balaban J connectivity index is 2.89. The quantitative estimate of drug-likeness (QED) is 0.507. The molecule has 1 amide bonds. The largest absolute Gasteiger partial charge is 0.397 e. The normalized spacial score (nSPS) is 10.8. The lowest BCUT2D eigenvalue weighted by Crippen LogP contribution is -2.15. The number of carbonyl (C=O) groups excluding carboxylic acids is 2. The molecule has 112 valence electrons. The molecule has 0 aliphatic heterocycles. The molecular weight excluding hydrogens is 274 g/mol. The van der Waals surface area contributed by atoms with E-state index in [1.54, 1.807) is 6.92 Å². The van der Waals surface area contributed by atoms with Gasteiger partial charge in [-0.25, -0.2) is 0 Å². The molecule has 0 radical (unpaired) electrons. The number of Topliss-reactive ketones (excluding diaryl/α,β-unsaturated/α-hetero) is 1. The third-order valence-corrected chi connectivity index (χ3v) is 4.21. The summed E-state index contributed by atoms with van der Waals surface area (Å²) in [6.07, 6.45) is 2.45. The van der Waals surface area contributed by atoms with E-state index in [1.165, 1.54) is 11.3 Å². The van der Waals surface area contributed by atoms with Crippen molar-refractivity contribution >= 4 is 33.7 Å². The zero-order valence-electron chi connectivity index (χ0n) is 12.3. The Morgan fingerprint density at radius 2 is 2.00 bits per heavy atom. The number of nitrogen functional groups attached to an aromatic ring is 1. The Bertz CT molecular complexity index is 495. The number of nitrogens with two attached hydrogens (primary N) is 2. The predicted octanol–water partition coefficient (Wildman–Crippen LogP) is 2.87. The van der Waals surface area contributed by atoms with E-state index in [-0.39, 0.29) is 17.0 Å². The summed E-state index contributed by atoms with van der Waals surface area (Å²) in [6, 6.07) is 0. The maximum atomic E-state index is 11.8. The van der Waals surface area contributed by atoms with Crippen LogP contribution in [-0.4, -0.2) is 18.2 Å². The molecule has 0 saturated carbocycles. The zero-order chi connectivity index (χ0) is 15.3. The van der Waals surface area contributed by atoms with Gasteiger partial charge in [0.05, 0.1) is 16.1 Å².